The molecule has 1 amide bonds. The summed E-state index contributed by atoms with van der Waals surface area (Å²) >= 11 is 0. The molecule has 4 rings (SSSR count). The van der Waals surface area contributed by atoms with Crippen molar-refractivity contribution in [1.82, 2.24) is 9.88 Å². The highest BCUT2D eigenvalue weighted by Gasteiger charge is 2.27. The zero-order chi connectivity index (χ0) is 22.0. The first-order chi connectivity index (χ1) is 15.0. The van der Waals surface area contributed by atoms with Crippen molar-refractivity contribution in [1.29, 1.82) is 0 Å². The highest BCUT2D eigenvalue weighted by molar-refractivity contribution is 6.02. The van der Waals surface area contributed by atoms with E-state index < -0.39 is 0 Å². The Hall–Kier alpha value is -3.12. The van der Waals surface area contributed by atoms with Crippen LogP contribution in [0, 0.1) is 0 Å². The number of H-pyrrole nitrogens is 1. The van der Waals surface area contributed by atoms with Crippen LogP contribution < -0.4 is 10.5 Å². The van der Waals surface area contributed by atoms with E-state index in [1.165, 1.54) is 0 Å². The summed E-state index contributed by atoms with van der Waals surface area (Å²) in [6.45, 7) is 6.48. The van der Waals surface area contributed by atoms with E-state index in [1.54, 1.807) is 13.3 Å². The molecule has 2 aliphatic heterocycles. The summed E-state index contributed by atoms with van der Waals surface area (Å²) in [6, 6.07) is 8.20. The van der Waals surface area contributed by atoms with Crippen molar-refractivity contribution >= 4 is 17.2 Å². The van der Waals surface area contributed by atoms with Gasteiger partial charge in [-0.25, -0.2) is 0 Å². The maximum atomic E-state index is 12.6. The molecular weight excluding hydrogens is 390 g/mol. The van der Waals surface area contributed by atoms with Gasteiger partial charge in [-0.2, -0.15) is 0 Å². The molecule has 0 saturated carbocycles. The van der Waals surface area contributed by atoms with Crippen molar-refractivity contribution in [2.45, 2.75) is 32.7 Å². The summed E-state index contributed by atoms with van der Waals surface area (Å²) in [4.78, 5) is 32.1. The van der Waals surface area contributed by atoms with Crippen LogP contribution in [0.15, 0.2) is 53.6 Å². The van der Waals surface area contributed by atoms with E-state index in [9.17, 15) is 9.59 Å². The van der Waals surface area contributed by atoms with Gasteiger partial charge in [0.25, 0.3) is 5.56 Å². The maximum absolute atomic E-state index is 12.6. The summed E-state index contributed by atoms with van der Waals surface area (Å²) < 4.78 is 5.11. The van der Waals surface area contributed by atoms with Gasteiger partial charge in [-0.05, 0) is 55.2 Å². The zero-order valence-corrected chi connectivity index (χ0v) is 18.4. The molecule has 0 saturated heterocycles. The van der Waals surface area contributed by atoms with Crippen molar-refractivity contribution < 1.29 is 9.53 Å². The Bertz CT molecular complexity index is 1100. The molecule has 3 heterocycles. The molecule has 1 aromatic carbocycles. The van der Waals surface area contributed by atoms with Crippen LogP contribution in [0.3, 0.4) is 0 Å². The highest BCUT2D eigenvalue weighted by atomic mass is 16.5. The molecule has 2 aromatic rings. The van der Waals surface area contributed by atoms with Gasteiger partial charge in [-0.3, -0.25) is 9.59 Å². The van der Waals surface area contributed by atoms with Crippen LogP contribution >= 0.6 is 0 Å². The number of aromatic nitrogens is 1. The number of ether oxygens (including phenoxy) is 1. The van der Waals surface area contributed by atoms with Gasteiger partial charge in [0, 0.05) is 62.1 Å². The number of benzene rings is 1. The quantitative estimate of drug-likeness (QED) is 0.697. The first-order valence-electron chi connectivity index (χ1n) is 10.8. The van der Waals surface area contributed by atoms with E-state index in [4.69, 9.17) is 4.74 Å². The van der Waals surface area contributed by atoms with Crippen molar-refractivity contribution in [3.05, 3.63) is 70.3 Å². The summed E-state index contributed by atoms with van der Waals surface area (Å²) in [5.41, 5.74) is 5.24. The zero-order valence-electron chi connectivity index (χ0n) is 18.4. The fourth-order valence-corrected chi connectivity index (χ4v) is 4.13. The molecule has 162 valence electrons. The number of anilines is 1. The Morgan fingerprint density at radius 2 is 2.00 bits per heavy atom. The van der Waals surface area contributed by atoms with Gasteiger partial charge in [0.05, 0.1) is 6.42 Å². The summed E-state index contributed by atoms with van der Waals surface area (Å²) in [7, 11) is 1.66. The Labute approximate surface area is 182 Å². The Morgan fingerprint density at radius 1 is 1.16 bits per heavy atom. The smallest absolute Gasteiger partial charge is 0.255 e. The number of hydrogen-bond donors (Lipinski definition) is 1. The minimum absolute atomic E-state index is 0.0946. The van der Waals surface area contributed by atoms with Crippen LogP contribution in [0.25, 0.3) is 16.7 Å². The van der Waals surface area contributed by atoms with Gasteiger partial charge in [0.1, 0.15) is 0 Å². The van der Waals surface area contributed by atoms with Gasteiger partial charge in [-0.1, -0.05) is 18.2 Å². The molecular formula is C25H29N3O3. The van der Waals surface area contributed by atoms with Gasteiger partial charge >= 0.3 is 0 Å². The molecule has 1 N–H and O–H groups in total. The largest absolute Gasteiger partial charge is 0.385 e. The van der Waals surface area contributed by atoms with E-state index in [0.29, 0.717) is 31.2 Å². The minimum Gasteiger partial charge on any atom is -0.385 e. The van der Waals surface area contributed by atoms with Gasteiger partial charge in [0.2, 0.25) is 5.91 Å². The predicted octanol–water partition coefficient (Wildman–Crippen LogP) is 3.59. The first kappa shape index (κ1) is 21.1. The number of carbonyl (C=O) groups excluding carboxylic acids is 1. The van der Waals surface area contributed by atoms with E-state index in [1.807, 2.05) is 29.2 Å². The molecule has 6 nitrogen and oxygen atoms in total. The Kier molecular flexibility index (Phi) is 6.09. The standard InChI is InChI=1S/C25H29N3O3/c1-17(2)27-9-4-6-19(16-27)21-13-22(25(30)26-15-21)18-7-8-23-20(12-18)14-24(29)28(23)10-5-11-31-3/h4,6-8,12-13,15-17H,5,9-11,14H2,1-3H3,(H,26,30). The average Bonchev–Trinajstić information content (AvgIpc) is 3.08. The second kappa shape index (κ2) is 8.94. The molecule has 6 heteroatoms. The van der Waals surface area contributed by atoms with Crippen LogP contribution in [0.2, 0.25) is 0 Å². The number of hydrogen-bond acceptors (Lipinski definition) is 4. The lowest BCUT2D eigenvalue weighted by Crippen LogP contribution is -2.28. The lowest BCUT2D eigenvalue weighted by molar-refractivity contribution is -0.117. The van der Waals surface area contributed by atoms with E-state index in [0.717, 1.165) is 40.9 Å². The van der Waals surface area contributed by atoms with Crippen molar-refractivity contribution in [2.24, 2.45) is 0 Å². The number of nitrogens with one attached hydrogen (secondary N) is 1. The summed E-state index contributed by atoms with van der Waals surface area (Å²) in [5.74, 6) is 0.0946. The third-order valence-corrected chi connectivity index (χ3v) is 5.87. The number of pyridine rings is 1. The van der Waals surface area contributed by atoms with Gasteiger partial charge in [0.15, 0.2) is 0 Å². The number of aromatic amines is 1. The monoisotopic (exact) mass is 419 g/mol. The van der Waals surface area contributed by atoms with Crippen molar-refractivity contribution in [2.75, 3.05) is 31.7 Å². The van der Waals surface area contributed by atoms with Gasteiger partial charge < -0.3 is 19.5 Å². The van der Waals surface area contributed by atoms with Crippen LogP contribution in [-0.4, -0.2) is 48.6 Å². The molecule has 31 heavy (non-hydrogen) atoms. The number of allylic oxidation sites excluding steroid dienone is 2. The molecule has 0 radical (unpaired) electrons. The van der Waals surface area contributed by atoms with E-state index in [2.05, 4.69) is 42.1 Å². The number of rotatable bonds is 7. The maximum Gasteiger partial charge on any atom is 0.255 e. The SMILES string of the molecule is COCCCN1C(=O)Cc2cc(-c3cc(C4=CN(C(C)C)CC=C4)c[nH]c3=O)ccc21. The third-order valence-electron chi connectivity index (χ3n) is 5.87. The van der Waals surface area contributed by atoms with Crippen LogP contribution in [0.5, 0.6) is 0 Å². The van der Waals surface area contributed by atoms with E-state index >= 15 is 0 Å². The number of methoxy groups -OCH3 is 1. The number of amides is 1. The average molecular weight is 420 g/mol. The topological polar surface area (TPSA) is 65.6 Å². The van der Waals surface area contributed by atoms with E-state index in [-0.39, 0.29) is 11.5 Å². The number of carbonyl (C=O) groups is 1. The van der Waals surface area contributed by atoms with Gasteiger partial charge in [-0.15, -0.1) is 0 Å². The highest BCUT2D eigenvalue weighted by Crippen LogP contribution is 2.33. The Balaban J connectivity index is 1.65. The molecule has 0 aliphatic carbocycles. The van der Waals surface area contributed by atoms with Crippen LogP contribution in [0.4, 0.5) is 5.69 Å². The summed E-state index contributed by atoms with van der Waals surface area (Å²) in [5, 5.41) is 0. The molecule has 0 bridgehead atoms. The first-order valence-corrected chi connectivity index (χ1v) is 10.8. The Morgan fingerprint density at radius 3 is 2.77 bits per heavy atom. The van der Waals surface area contributed by atoms with Crippen LogP contribution in [-0.2, 0) is 16.0 Å². The predicted molar refractivity (Wildman–Crippen MR) is 124 cm³/mol. The third kappa shape index (κ3) is 4.35. The van der Waals surface area contributed by atoms with Crippen LogP contribution in [0.1, 0.15) is 31.4 Å². The molecule has 0 spiro atoms. The molecule has 0 unspecified atom stereocenters. The van der Waals surface area contributed by atoms with Crippen molar-refractivity contribution in [3.8, 4) is 11.1 Å². The second-order valence-corrected chi connectivity index (χ2v) is 8.32. The fraction of sp³-hybridized carbons (Fsp3) is 0.360. The minimum atomic E-state index is -0.133. The fourth-order valence-electron chi connectivity index (χ4n) is 4.13. The summed E-state index contributed by atoms with van der Waals surface area (Å²) in [6.07, 6.45) is 9.29. The molecule has 0 fully saturated rings. The number of nitrogens with zero attached hydrogens (tertiary/aromatic N) is 2. The molecule has 0 atom stereocenters. The number of fused-ring (bicyclic) bond motifs is 1. The molecule has 2 aliphatic rings. The second-order valence-electron chi connectivity index (χ2n) is 8.32. The lowest BCUT2D eigenvalue weighted by atomic mass is 9.99. The lowest BCUT2D eigenvalue weighted by Gasteiger charge is -2.27. The van der Waals surface area contributed by atoms with Crippen molar-refractivity contribution in [3.63, 3.8) is 0 Å². The molecule has 1 aromatic heterocycles. The normalized spacial score (nSPS) is 15.6.